The second kappa shape index (κ2) is 7.51. The Hall–Kier alpha value is -3.68. The molecule has 0 saturated carbocycles. The van der Waals surface area contributed by atoms with Gasteiger partial charge < -0.3 is 20.1 Å². The van der Waals surface area contributed by atoms with E-state index in [2.05, 4.69) is 15.6 Å². The van der Waals surface area contributed by atoms with Crippen molar-refractivity contribution in [1.82, 2.24) is 10.3 Å². The Morgan fingerprint density at radius 1 is 1.04 bits per heavy atom. The lowest BCUT2D eigenvalue weighted by atomic mass is 10.2. The van der Waals surface area contributed by atoms with Crippen LogP contribution < -0.4 is 20.1 Å². The van der Waals surface area contributed by atoms with Gasteiger partial charge in [-0.1, -0.05) is 12.1 Å². The normalized spacial score (nSPS) is 11.9. The summed E-state index contributed by atoms with van der Waals surface area (Å²) in [5.41, 5.74) is 1.12. The Morgan fingerprint density at radius 2 is 1.82 bits per heavy atom. The number of nitrogens with one attached hydrogen (secondary N) is 2. The number of hydrogen-bond donors (Lipinski definition) is 2. The summed E-state index contributed by atoms with van der Waals surface area (Å²) >= 11 is 0. The number of carbonyl (C=O) groups is 1. The van der Waals surface area contributed by atoms with Gasteiger partial charge in [0.2, 0.25) is 6.79 Å². The number of carbonyl (C=O) groups excluding carboxylic acids is 1. The second-order valence-corrected chi connectivity index (χ2v) is 6.02. The number of hydrogen-bond acceptors (Lipinski definition) is 5. The van der Waals surface area contributed by atoms with Crippen LogP contribution in [0.1, 0.15) is 16.1 Å². The van der Waals surface area contributed by atoms with Gasteiger partial charge in [0.05, 0.1) is 11.9 Å². The van der Waals surface area contributed by atoms with Gasteiger partial charge in [0, 0.05) is 6.54 Å². The number of benzene rings is 2. The van der Waals surface area contributed by atoms with Crippen molar-refractivity contribution in [1.29, 1.82) is 0 Å². The first kappa shape index (κ1) is 17.7. The smallest absolute Gasteiger partial charge is 0.270 e. The summed E-state index contributed by atoms with van der Waals surface area (Å²) in [5, 5.41) is 5.37. The number of halogens is 2. The summed E-state index contributed by atoms with van der Waals surface area (Å²) in [7, 11) is 0. The van der Waals surface area contributed by atoms with Gasteiger partial charge in [0.25, 0.3) is 5.91 Å². The molecule has 1 aromatic heterocycles. The van der Waals surface area contributed by atoms with Gasteiger partial charge in [-0.3, -0.25) is 4.79 Å². The molecule has 0 atom stereocenters. The number of anilines is 2. The zero-order valence-electron chi connectivity index (χ0n) is 14.5. The Kier molecular flexibility index (Phi) is 4.76. The molecule has 3 aromatic rings. The van der Waals surface area contributed by atoms with E-state index in [1.165, 1.54) is 24.4 Å². The molecule has 0 saturated heterocycles. The van der Waals surface area contributed by atoms with Gasteiger partial charge in [-0.05, 0) is 42.0 Å². The van der Waals surface area contributed by atoms with Crippen molar-refractivity contribution in [2.45, 2.75) is 6.54 Å². The molecule has 0 aliphatic carbocycles. The van der Waals surface area contributed by atoms with Crippen LogP contribution in [0.15, 0.2) is 54.7 Å². The fraction of sp³-hybridized carbons (Fsp3) is 0.100. The van der Waals surface area contributed by atoms with Crippen LogP contribution in [0.25, 0.3) is 0 Å². The molecule has 0 bridgehead atoms. The molecule has 0 unspecified atom stereocenters. The third kappa shape index (κ3) is 3.71. The molecule has 1 aliphatic rings. The monoisotopic (exact) mass is 383 g/mol. The van der Waals surface area contributed by atoms with Crippen LogP contribution in [0.4, 0.5) is 20.2 Å². The van der Waals surface area contributed by atoms with E-state index in [1.54, 1.807) is 12.1 Å². The summed E-state index contributed by atoms with van der Waals surface area (Å²) in [4.78, 5) is 16.3. The van der Waals surface area contributed by atoms with Crippen LogP contribution in [0.2, 0.25) is 0 Å². The molecule has 2 heterocycles. The highest BCUT2D eigenvalue weighted by molar-refractivity contribution is 5.92. The predicted octanol–water partition coefficient (Wildman–Crippen LogP) is 3.76. The quantitative estimate of drug-likeness (QED) is 0.702. The Morgan fingerprint density at radius 3 is 2.57 bits per heavy atom. The fourth-order valence-electron chi connectivity index (χ4n) is 2.69. The largest absolute Gasteiger partial charge is 0.454 e. The van der Waals surface area contributed by atoms with Crippen LogP contribution in [0, 0.1) is 11.6 Å². The Bertz CT molecular complexity index is 1010. The Balaban J connectivity index is 1.39. The number of pyridine rings is 1. The molecule has 0 radical (unpaired) electrons. The van der Waals surface area contributed by atoms with Gasteiger partial charge >= 0.3 is 0 Å². The van der Waals surface area contributed by atoms with Gasteiger partial charge in [0.15, 0.2) is 11.5 Å². The topological polar surface area (TPSA) is 72.5 Å². The van der Waals surface area contributed by atoms with Crippen LogP contribution in [-0.4, -0.2) is 17.7 Å². The van der Waals surface area contributed by atoms with Gasteiger partial charge in [-0.25, -0.2) is 13.8 Å². The van der Waals surface area contributed by atoms with Gasteiger partial charge in [-0.2, -0.15) is 0 Å². The minimum absolute atomic E-state index is 0.181. The first-order valence-corrected chi connectivity index (χ1v) is 8.44. The lowest BCUT2D eigenvalue weighted by molar-refractivity contribution is 0.0946. The molecular weight excluding hydrogens is 368 g/mol. The molecule has 2 aromatic carbocycles. The highest BCUT2D eigenvalue weighted by atomic mass is 19.1. The third-order valence-corrected chi connectivity index (χ3v) is 4.12. The molecule has 1 amide bonds. The SMILES string of the molecule is O=C(NCc1ccc2c(c1)OCO2)c1ccc(Nc2c(F)cccc2F)cn1. The number of nitrogens with zero attached hydrogens (tertiary/aromatic N) is 1. The number of aromatic nitrogens is 1. The molecule has 8 heteroatoms. The number of ether oxygens (including phenoxy) is 2. The average molecular weight is 383 g/mol. The van der Waals surface area contributed by atoms with E-state index in [0.717, 1.165) is 17.7 Å². The van der Waals surface area contributed by atoms with E-state index in [9.17, 15) is 13.6 Å². The molecule has 2 N–H and O–H groups in total. The van der Waals surface area contributed by atoms with Crippen molar-refractivity contribution in [2.75, 3.05) is 12.1 Å². The predicted molar refractivity (Wildman–Crippen MR) is 97.6 cm³/mol. The summed E-state index contributed by atoms with van der Waals surface area (Å²) in [6, 6.07) is 12.0. The summed E-state index contributed by atoms with van der Waals surface area (Å²) < 4.78 is 37.9. The van der Waals surface area contributed by atoms with E-state index in [-0.39, 0.29) is 30.6 Å². The van der Waals surface area contributed by atoms with Crippen molar-refractivity contribution >= 4 is 17.3 Å². The zero-order valence-corrected chi connectivity index (χ0v) is 14.5. The lowest BCUT2D eigenvalue weighted by Crippen LogP contribution is -2.23. The van der Waals surface area contributed by atoms with E-state index in [0.29, 0.717) is 17.2 Å². The highest BCUT2D eigenvalue weighted by Gasteiger charge is 2.14. The molecule has 4 rings (SSSR count). The summed E-state index contributed by atoms with van der Waals surface area (Å²) in [6.45, 7) is 0.476. The first-order chi connectivity index (χ1) is 13.6. The highest BCUT2D eigenvalue weighted by Crippen LogP contribution is 2.32. The van der Waals surface area contributed by atoms with Gasteiger partial charge in [0.1, 0.15) is 23.0 Å². The number of para-hydroxylation sites is 1. The minimum atomic E-state index is -0.717. The molecule has 6 nitrogen and oxygen atoms in total. The van der Waals surface area contributed by atoms with E-state index < -0.39 is 11.6 Å². The summed E-state index contributed by atoms with van der Waals surface area (Å²) in [6.07, 6.45) is 1.33. The standard InChI is InChI=1S/C20H15F2N3O3/c21-14-2-1-3-15(22)19(14)25-13-5-6-16(23-10-13)20(26)24-9-12-4-7-17-18(8-12)28-11-27-17/h1-8,10,25H,9,11H2,(H,24,26). The number of fused-ring (bicyclic) bond motifs is 1. The first-order valence-electron chi connectivity index (χ1n) is 8.44. The van der Waals surface area contributed by atoms with Crippen molar-refractivity contribution < 1.29 is 23.0 Å². The second-order valence-electron chi connectivity index (χ2n) is 6.02. The van der Waals surface area contributed by atoms with E-state index >= 15 is 0 Å². The Labute approximate surface area is 159 Å². The molecule has 28 heavy (non-hydrogen) atoms. The van der Waals surface area contributed by atoms with Crippen LogP contribution in [-0.2, 0) is 6.54 Å². The van der Waals surface area contributed by atoms with Crippen molar-refractivity contribution in [2.24, 2.45) is 0 Å². The fourth-order valence-corrected chi connectivity index (χ4v) is 2.69. The maximum absolute atomic E-state index is 13.7. The maximum Gasteiger partial charge on any atom is 0.270 e. The zero-order chi connectivity index (χ0) is 19.5. The minimum Gasteiger partial charge on any atom is -0.454 e. The van der Waals surface area contributed by atoms with Crippen molar-refractivity contribution in [3.05, 3.63) is 77.6 Å². The van der Waals surface area contributed by atoms with E-state index in [1.807, 2.05) is 6.07 Å². The number of amides is 1. The molecule has 0 fully saturated rings. The van der Waals surface area contributed by atoms with Crippen LogP contribution in [0.5, 0.6) is 11.5 Å². The molecule has 142 valence electrons. The molecule has 1 aliphatic heterocycles. The molecule has 0 spiro atoms. The van der Waals surface area contributed by atoms with E-state index in [4.69, 9.17) is 9.47 Å². The van der Waals surface area contributed by atoms with Crippen molar-refractivity contribution in [3.8, 4) is 11.5 Å². The molecular formula is C20H15F2N3O3. The lowest BCUT2D eigenvalue weighted by Gasteiger charge is -2.09. The third-order valence-electron chi connectivity index (χ3n) is 4.12. The van der Waals surface area contributed by atoms with Crippen LogP contribution in [0.3, 0.4) is 0 Å². The maximum atomic E-state index is 13.7. The number of rotatable bonds is 5. The average Bonchev–Trinajstić information content (AvgIpc) is 3.17. The van der Waals surface area contributed by atoms with Gasteiger partial charge in [-0.15, -0.1) is 0 Å². The van der Waals surface area contributed by atoms with Crippen LogP contribution >= 0.6 is 0 Å². The van der Waals surface area contributed by atoms with Crippen molar-refractivity contribution in [3.63, 3.8) is 0 Å². The summed E-state index contributed by atoms with van der Waals surface area (Å²) in [5.74, 6) is -0.496.